The van der Waals surface area contributed by atoms with Gasteiger partial charge >= 0.3 is 0 Å². The highest BCUT2D eigenvalue weighted by Gasteiger charge is 2.30. The van der Waals surface area contributed by atoms with E-state index in [2.05, 4.69) is 10.3 Å². The number of nitrogens with one attached hydrogen (secondary N) is 1. The van der Waals surface area contributed by atoms with Crippen molar-refractivity contribution in [2.45, 2.75) is 19.7 Å². The van der Waals surface area contributed by atoms with Gasteiger partial charge in [-0.3, -0.25) is 4.79 Å². The fourth-order valence-corrected chi connectivity index (χ4v) is 3.85. The Balaban J connectivity index is 1.58. The predicted molar refractivity (Wildman–Crippen MR) is 109 cm³/mol. The highest BCUT2D eigenvalue weighted by atomic mass is 32.1. The number of thiazole rings is 1. The van der Waals surface area contributed by atoms with Crippen LogP contribution in [0.2, 0.25) is 0 Å². The minimum absolute atomic E-state index is 0.0162. The standard InChI is InChI=1S/C21H21N3O3S/c1-13-22-15(12-28-13)11-27-18-9-8-14(10-19(18)26-3)20-23-17-7-5-4-6-16(17)21(25)24(20)2/h4-10,12,20,23H,11H2,1-3H3/t20-/m1/s1. The van der Waals surface area contributed by atoms with Crippen LogP contribution in [-0.2, 0) is 6.61 Å². The fraction of sp³-hybridized carbons (Fsp3) is 0.238. The first-order chi connectivity index (χ1) is 13.6. The van der Waals surface area contributed by atoms with E-state index in [0.717, 1.165) is 22.0 Å². The third kappa shape index (κ3) is 3.41. The number of hydrogen-bond acceptors (Lipinski definition) is 6. The van der Waals surface area contributed by atoms with Gasteiger partial charge in [-0.1, -0.05) is 18.2 Å². The monoisotopic (exact) mass is 395 g/mol. The second-order valence-corrected chi connectivity index (χ2v) is 7.63. The van der Waals surface area contributed by atoms with Gasteiger partial charge in [0.25, 0.3) is 5.91 Å². The summed E-state index contributed by atoms with van der Waals surface area (Å²) in [4.78, 5) is 18.8. The zero-order chi connectivity index (χ0) is 19.7. The van der Waals surface area contributed by atoms with Crippen molar-refractivity contribution in [3.63, 3.8) is 0 Å². The summed E-state index contributed by atoms with van der Waals surface area (Å²) < 4.78 is 11.4. The fourth-order valence-electron chi connectivity index (χ4n) is 3.25. The Morgan fingerprint density at radius 2 is 2.04 bits per heavy atom. The molecule has 6 nitrogen and oxygen atoms in total. The van der Waals surface area contributed by atoms with Gasteiger partial charge in [0.1, 0.15) is 12.8 Å². The van der Waals surface area contributed by atoms with Gasteiger partial charge < -0.3 is 19.7 Å². The minimum Gasteiger partial charge on any atom is -0.493 e. The molecule has 0 spiro atoms. The van der Waals surface area contributed by atoms with Gasteiger partial charge in [-0.15, -0.1) is 11.3 Å². The lowest BCUT2D eigenvalue weighted by Crippen LogP contribution is -2.40. The minimum atomic E-state index is -0.286. The van der Waals surface area contributed by atoms with Gasteiger partial charge in [-0.25, -0.2) is 4.98 Å². The lowest BCUT2D eigenvalue weighted by molar-refractivity contribution is 0.0735. The van der Waals surface area contributed by atoms with Gasteiger partial charge in [0.15, 0.2) is 11.5 Å². The molecule has 3 aromatic rings. The Bertz CT molecular complexity index is 1020. The number of anilines is 1. The number of nitrogens with zero attached hydrogens (tertiary/aromatic N) is 2. The molecule has 1 N–H and O–H groups in total. The molecule has 4 rings (SSSR count). The zero-order valence-corrected chi connectivity index (χ0v) is 16.7. The molecule has 1 aliphatic rings. The topological polar surface area (TPSA) is 63.7 Å². The highest BCUT2D eigenvalue weighted by molar-refractivity contribution is 7.09. The molecule has 144 valence electrons. The Hall–Kier alpha value is -3.06. The van der Waals surface area contributed by atoms with Crippen molar-refractivity contribution in [1.82, 2.24) is 9.88 Å². The van der Waals surface area contributed by atoms with E-state index in [1.807, 2.05) is 54.8 Å². The molecule has 0 saturated carbocycles. The van der Waals surface area contributed by atoms with E-state index in [0.29, 0.717) is 23.7 Å². The second-order valence-electron chi connectivity index (χ2n) is 6.57. The van der Waals surface area contributed by atoms with Crippen molar-refractivity contribution in [3.8, 4) is 11.5 Å². The molecule has 1 aromatic heterocycles. The Morgan fingerprint density at radius 1 is 1.21 bits per heavy atom. The van der Waals surface area contributed by atoms with E-state index in [4.69, 9.17) is 9.47 Å². The maximum Gasteiger partial charge on any atom is 0.257 e. The van der Waals surface area contributed by atoms with Crippen LogP contribution in [0.4, 0.5) is 5.69 Å². The Labute approximate surface area is 167 Å². The molecule has 1 amide bonds. The molecule has 0 saturated heterocycles. The number of ether oxygens (including phenoxy) is 2. The van der Waals surface area contributed by atoms with E-state index >= 15 is 0 Å². The molecule has 1 atom stereocenters. The van der Waals surface area contributed by atoms with Crippen LogP contribution < -0.4 is 14.8 Å². The predicted octanol–water partition coefficient (Wildman–Crippen LogP) is 4.24. The van der Waals surface area contributed by atoms with Crippen molar-refractivity contribution in [2.24, 2.45) is 0 Å². The van der Waals surface area contributed by atoms with Crippen LogP contribution in [-0.4, -0.2) is 29.9 Å². The summed E-state index contributed by atoms with van der Waals surface area (Å²) >= 11 is 1.60. The number of rotatable bonds is 5. The molecule has 0 bridgehead atoms. The molecular formula is C21H21N3O3S. The molecule has 0 radical (unpaired) electrons. The van der Waals surface area contributed by atoms with Crippen molar-refractivity contribution in [1.29, 1.82) is 0 Å². The number of aromatic nitrogens is 1. The summed E-state index contributed by atoms with van der Waals surface area (Å²) in [6.07, 6.45) is -0.286. The van der Waals surface area contributed by atoms with Gasteiger partial charge in [0, 0.05) is 18.1 Å². The number of carbonyl (C=O) groups excluding carboxylic acids is 1. The first-order valence-electron chi connectivity index (χ1n) is 8.91. The number of amides is 1. The van der Waals surface area contributed by atoms with E-state index in [1.165, 1.54) is 0 Å². The molecule has 1 aliphatic heterocycles. The highest BCUT2D eigenvalue weighted by Crippen LogP contribution is 2.36. The number of methoxy groups -OCH3 is 1. The number of aryl methyl sites for hydroxylation is 1. The molecule has 2 aromatic carbocycles. The van der Waals surface area contributed by atoms with Crippen molar-refractivity contribution in [3.05, 3.63) is 69.7 Å². The lowest BCUT2D eigenvalue weighted by atomic mass is 10.0. The summed E-state index contributed by atoms with van der Waals surface area (Å²) in [5.41, 5.74) is 3.31. The number of fused-ring (bicyclic) bond motifs is 1. The van der Waals surface area contributed by atoms with E-state index in [9.17, 15) is 4.79 Å². The van der Waals surface area contributed by atoms with Crippen molar-refractivity contribution >= 4 is 22.9 Å². The zero-order valence-electron chi connectivity index (χ0n) is 15.9. The van der Waals surface area contributed by atoms with Crippen LogP contribution in [0.1, 0.15) is 32.8 Å². The normalized spacial score (nSPS) is 15.8. The summed E-state index contributed by atoms with van der Waals surface area (Å²) in [5.74, 6) is 1.24. The first-order valence-corrected chi connectivity index (χ1v) is 9.79. The maximum absolute atomic E-state index is 12.7. The van der Waals surface area contributed by atoms with Crippen LogP contribution in [0.3, 0.4) is 0 Å². The second kappa shape index (κ2) is 7.52. The summed E-state index contributed by atoms with van der Waals surface area (Å²) in [6.45, 7) is 2.35. The van der Waals surface area contributed by atoms with E-state index < -0.39 is 0 Å². The molecule has 2 heterocycles. The quantitative estimate of drug-likeness (QED) is 0.700. The van der Waals surface area contributed by atoms with Crippen LogP contribution in [0.15, 0.2) is 47.8 Å². The third-order valence-corrected chi connectivity index (χ3v) is 5.53. The van der Waals surface area contributed by atoms with Gasteiger partial charge in [-0.05, 0) is 36.8 Å². The van der Waals surface area contributed by atoms with Crippen LogP contribution in [0, 0.1) is 6.92 Å². The first kappa shape index (κ1) is 18.3. The average molecular weight is 395 g/mol. The number of carbonyl (C=O) groups is 1. The molecule has 0 unspecified atom stereocenters. The van der Waals surface area contributed by atoms with Crippen molar-refractivity contribution < 1.29 is 14.3 Å². The summed E-state index contributed by atoms with van der Waals surface area (Å²) in [7, 11) is 3.40. The van der Waals surface area contributed by atoms with Crippen LogP contribution in [0.25, 0.3) is 0 Å². The number of benzene rings is 2. The molecule has 28 heavy (non-hydrogen) atoms. The van der Waals surface area contributed by atoms with E-state index in [-0.39, 0.29) is 12.1 Å². The largest absolute Gasteiger partial charge is 0.493 e. The number of para-hydroxylation sites is 1. The average Bonchev–Trinajstić information content (AvgIpc) is 3.14. The number of hydrogen-bond donors (Lipinski definition) is 1. The molecule has 7 heteroatoms. The molecule has 0 aliphatic carbocycles. The van der Waals surface area contributed by atoms with Crippen molar-refractivity contribution in [2.75, 3.05) is 19.5 Å². The van der Waals surface area contributed by atoms with Gasteiger partial charge in [0.2, 0.25) is 0 Å². The summed E-state index contributed by atoms with van der Waals surface area (Å²) in [5, 5.41) is 6.42. The lowest BCUT2D eigenvalue weighted by Gasteiger charge is -2.35. The van der Waals surface area contributed by atoms with Crippen LogP contribution in [0.5, 0.6) is 11.5 Å². The van der Waals surface area contributed by atoms with E-state index in [1.54, 1.807) is 30.4 Å². The molecular weight excluding hydrogens is 374 g/mol. The maximum atomic E-state index is 12.7. The Morgan fingerprint density at radius 3 is 2.79 bits per heavy atom. The SMILES string of the molecule is COc1cc([C@@H]2Nc3ccccc3C(=O)N2C)ccc1OCc1csc(C)n1. The van der Waals surface area contributed by atoms with Gasteiger partial charge in [-0.2, -0.15) is 0 Å². The smallest absolute Gasteiger partial charge is 0.257 e. The Kier molecular flexibility index (Phi) is 4.92. The summed E-state index contributed by atoms with van der Waals surface area (Å²) in [6, 6.07) is 13.2. The molecule has 0 fully saturated rings. The third-order valence-electron chi connectivity index (χ3n) is 4.70. The van der Waals surface area contributed by atoms with Crippen LogP contribution >= 0.6 is 11.3 Å². The van der Waals surface area contributed by atoms with Gasteiger partial charge in [0.05, 0.1) is 23.4 Å².